The molecule has 0 bridgehead atoms. The van der Waals surface area contributed by atoms with Crippen LogP contribution >= 0.6 is 11.3 Å². The van der Waals surface area contributed by atoms with E-state index in [1.807, 2.05) is 0 Å². The molecular formula is C20H28N12O8S2. The van der Waals surface area contributed by atoms with Gasteiger partial charge in [-0.05, 0) is 13.0 Å². The van der Waals surface area contributed by atoms with Gasteiger partial charge in [-0.25, -0.2) is 18.8 Å². The molecule has 0 spiro atoms. The minimum atomic E-state index is -5.03. The van der Waals surface area contributed by atoms with Crippen LogP contribution in [0, 0.1) is 5.41 Å². The van der Waals surface area contributed by atoms with Gasteiger partial charge in [0.2, 0.25) is 5.60 Å². The Morgan fingerprint density at radius 3 is 2.64 bits per heavy atom. The van der Waals surface area contributed by atoms with Crippen LogP contribution in [0.1, 0.15) is 30.7 Å². The van der Waals surface area contributed by atoms with E-state index in [1.54, 1.807) is 0 Å². The van der Waals surface area contributed by atoms with Gasteiger partial charge in [0.05, 0.1) is 25.3 Å². The van der Waals surface area contributed by atoms with E-state index < -0.39 is 51.5 Å². The fraction of sp³-hybridized carbons (Fsp3) is 0.500. The number of β-lactam (4-membered cyclic amide) rings is 1. The Labute approximate surface area is 241 Å². The number of oxime groups is 1. The Hall–Kier alpha value is -4.41. The van der Waals surface area contributed by atoms with Gasteiger partial charge < -0.3 is 37.4 Å². The van der Waals surface area contributed by atoms with E-state index in [-0.39, 0.29) is 47.0 Å². The Balaban J connectivity index is 1.53. The summed E-state index contributed by atoms with van der Waals surface area (Å²) in [6.45, 7) is 0.516. The highest BCUT2D eigenvalue weighted by Crippen LogP contribution is 2.40. The predicted octanol–water partition coefficient (Wildman–Crippen LogP) is -3.10. The van der Waals surface area contributed by atoms with Crippen molar-refractivity contribution in [2.75, 3.05) is 18.8 Å². The van der Waals surface area contributed by atoms with Crippen LogP contribution in [0.5, 0.6) is 0 Å². The number of amides is 2. The number of aromatic nitrogens is 4. The number of carboxylic acid groups (broad SMARTS) is 1. The SMILES string of the molecule is N=C(N)N(CCCN)Cc1cn(C[C@H]2[C@H](NC(=O)C(=NOC3(C(=O)O)CC3)c3csc(N)n3)C(=O)N2S(=O)(=O)O)nn1. The summed E-state index contributed by atoms with van der Waals surface area (Å²) in [5.41, 5.74) is 14.9. The maximum absolute atomic E-state index is 13.2. The summed E-state index contributed by atoms with van der Waals surface area (Å²) in [4.78, 5) is 48.0. The summed E-state index contributed by atoms with van der Waals surface area (Å²) in [6.07, 6.45) is 2.29. The molecule has 1 saturated heterocycles. The molecule has 228 valence electrons. The maximum atomic E-state index is 13.2. The number of thiazole rings is 1. The first-order chi connectivity index (χ1) is 19.8. The minimum absolute atomic E-state index is 0.0633. The average Bonchev–Trinajstić information content (AvgIpc) is 3.38. The molecule has 42 heavy (non-hydrogen) atoms. The van der Waals surface area contributed by atoms with Crippen LogP contribution in [0.3, 0.4) is 0 Å². The molecule has 22 heteroatoms. The van der Waals surface area contributed by atoms with Gasteiger partial charge in [0.15, 0.2) is 16.8 Å². The van der Waals surface area contributed by atoms with E-state index >= 15 is 0 Å². The smallest absolute Gasteiger partial charge is 0.362 e. The number of carboxylic acids is 1. The van der Waals surface area contributed by atoms with Crippen LogP contribution in [-0.2, 0) is 42.6 Å². The van der Waals surface area contributed by atoms with Crippen LogP contribution in [-0.4, -0.2) is 107 Å². The molecule has 1 saturated carbocycles. The summed E-state index contributed by atoms with van der Waals surface area (Å²) in [5.74, 6) is -3.69. The summed E-state index contributed by atoms with van der Waals surface area (Å²) in [6, 6.07) is -2.83. The number of nitrogen functional groups attached to an aromatic ring is 1. The van der Waals surface area contributed by atoms with Crippen LogP contribution < -0.4 is 22.5 Å². The Bertz CT molecular complexity index is 1520. The van der Waals surface area contributed by atoms with Crippen LogP contribution in [0.25, 0.3) is 0 Å². The zero-order valence-electron chi connectivity index (χ0n) is 21.8. The molecule has 2 fully saturated rings. The molecule has 20 nitrogen and oxygen atoms in total. The first-order valence-corrected chi connectivity index (χ1v) is 14.5. The van der Waals surface area contributed by atoms with Crippen molar-refractivity contribution < 1.29 is 37.3 Å². The van der Waals surface area contributed by atoms with Crippen molar-refractivity contribution >= 4 is 56.2 Å². The number of rotatable bonds is 14. The largest absolute Gasteiger partial charge is 0.478 e. The Morgan fingerprint density at radius 1 is 1.38 bits per heavy atom. The molecular weight excluding hydrogens is 600 g/mol. The number of nitrogens with two attached hydrogens (primary N) is 3. The van der Waals surface area contributed by atoms with Gasteiger partial charge >= 0.3 is 16.3 Å². The highest BCUT2D eigenvalue weighted by molar-refractivity contribution is 7.84. The van der Waals surface area contributed by atoms with Gasteiger partial charge in [0.1, 0.15) is 17.4 Å². The van der Waals surface area contributed by atoms with Crippen molar-refractivity contribution in [2.45, 2.75) is 50.0 Å². The number of anilines is 1. The first-order valence-electron chi connectivity index (χ1n) is 12.3. The lowest BCUT2D eigenvalue weighted by Gasteiger charge is -2.43. The summed E-state index contributed by atoms with van der Waals surface area (Å²) < 4.78 is 34.9. The van der Waals surface area contributed by atoms with Crippen molar-refractivity contribution in [3.63, 3.8) is 0 Å². The number of hydrogen-bond acceptors (Lipinski definition) is 14. The number of guanidine groups is 1. The molecule has 3 heterocycles. The van der Waals surface area contributed by atoms with Gasteiger partial charge in [-0.15, -0.1) is 16.4 Å². The number of hydrogen-bond donors (Lipinski definition) is 7. The first kappa shape index (κ1) is 30.5. The van der Waals surface area contributed by atoms with E-state index in [2.05, 4.69) is 25.8 Å². The van der Waals surface area contributed by atoms with Crippen molar-refractivity contribution in [3.8, 4) is 0 Å². The van der Waals surface area contributed by atoms with E-state index in [1.165, 1.54) is 21.2 Å². The second-order valence-corrected chi connectivity index (χ2v) is 11.6. The third-order valence-corrected chi connectivity index (χ3v) is 8.00. The second-order valence-electron chi connectivity index (χ2n) is 9.41. The molecule has 2 atom stereocenters. The number of carbonyl (C=O) groups is 3. The Morgan fingerprint density at radius 2 is 2.10 bits per heavy atom. The highest BCUT2D eigenvalue weighted by Gasteiger charge is 2.56. The number of nitrogens with one attached hydrogen (secondary N) is 2. The minimum Gasteiger partial charge on any atom is -0.478 e. The fourth-order valence-corrected chi connectivity index (χ4v) is 5.42. The van der Waals surface area contributed by atoms with Gasteiger partial charge in [-0.2, -0.15) is 8.42 Å². The average molecular weight is 629 g/mol. The highest BCUT2D eigenvalue weighted by atomic mass is 32.2. The lowest BCUT2D eigenvalue weighted by atomic mass is 9.98. The van der Waals surface area contributed by atoms with Gasteiger partial charge in [-0.1, -0.05) is 10.4 Å². The molecule has 1 aliphatic carbocycles. The second kappa shape index (κ2) is 11.8. The third-order valence-electron chi connectivity index (χ3n) is 6.38. The van der Waals surface area contributed by atoms with Gasteiger partial charge in [-0.3, -0.25) is 19.6 Å². The van der Waals surface area contributed by atoms with Crippen LogP contribution in [0.4, 0.5) is 5.13 Å². The molecule has 2 aromatic heterocycles. The normalized spacial score (nSPS) is 19.6. The number of nitrogens with zero attached hydrogens (tertiary/aromatic N) is 7. The Kier molecular flexibility index (Phi) is 8.60. The van der Waals surface area contributed by atoms with Gasteiger partial charge in [0.25, 0.3) is 11.8 Å². The van der Waals surface area contributed by atoms with E-state index in [4.69, 9.17) is 27.4 Å². The van der Waals surface area contributed by atoms with E-state index in [9.17, 15) is 32.5 Å². The summed E-state index contributed by atoms with van der Waals surface area (Å²) >= 11 is 0.960. The van der Waals surface area contributed by atoms with Crippen molar-refractivity contribution in [1.82, 2.24) is 34.5 Å². The van der Waals surface area contributed by atoms with Crippen molar-refractivity contribution in [1.29, 1.82) is 5.41 Å². The molecule has 0 radical (unpaired) electrons. The quantitative estimate of drug-likeness (QED) is 0.0358. The van der Waals surface area contributed by atoms with E-state index in [0.717, 1.165) is 11.3 Å². The topological polar surface area (TPSA) is 311 Å². The fourth-order valence-electron chi connectivity index (χ4n) is 4.00. The molecule has 0 aromatic carbocycles. The van der Waals surface area contributed by atoms with Crippen LogP contribution in [0.2, 0.25) is 0 Å². The molecule has 2 aliphatic rings. The molecule has 10 N–H and O–H groups in total. The summed E-state index contributed by atoms with van der Waals surface area (Å²) in [7, 11) is -5.03. The zero-order chi connectivity index (χ0) is 30.8. The monoisotopic (exact) mass is 628 g/mol. The molecule has 1 aliphatic heterocycles. The third kappa shape index (κ3) is 6.56. The van der Waals surface area contributed by atoms with E-state index in [0.29, 0.717) is 25.2 Å². The number of carbonyl (C=O) groups excluding carboxylic acids is 2. The number of aliphatic carboxylic acids is 1. The lowest BCUT2D eigenvalue weighted by molar-refractivity contribution is -0.153. The van der Waals surface area contributed by atoms with Crippen LogP contribution in [0.15, 0.2) is 16.7 Å². The van der Waals surface area contributed by atoms with Crippen molar-refractivity contribution in [3.05, 3.63) is 23.0 Å². The molecule has 0 unspecified atom stereocenters. The lowest BCUT2D eigenvalue weighted by Crippen LogP contribution is -2.73. The zero-order valence-corrected chi connectivity index (χ0v) is 23.4. The molecule has 2 aromatic rings. The standard InChI is InChI=1S/C20H28N12O8S2/c21-4-1-5-30(18(22)23)6-10-7-31(29-27-10)8-12-14(16(34)32(12)42(37,38)39)26-15(33)13(11-9-41-19(24)25-11)28-40-20(2-3-20)17(35)36/h7,9,12,14H,1-6,8,21H2,(H3,22,23)(H2,24,25)(H,26,33)(H,35,36)(H,37,38,39)/t12-,14-/m0/s1. The van der Waals surface area contributed by atoms with Gasteiger partial charge in [0, 0.05) is 24.8 Å². The predicted molar refractivity (Wildman–Crippen MR) is 144 cm³/mol. The van der Waals surface area contributed by atoms with Crippen molar-refractivity contribution in [2.24, 2.45) is 16.6 Å². The maximum Gasteiger partial charge on any atom is 0.362 e. The summed E-state index contributed by atoms with van der Waals surface area (Å²) in [5, 5.41) is 32.4. The molecule has 4 rings (SSSR count). The molecule has 2 amide bonds.